The van der Waals surface area contributed by atoms with Crippen molar-refractivity contribution in [1.29, 1.82) is 5.26 Å². The van der Waals surface area contributed by atoms with Gasteiger partial charge >= 0.3 is 0 Å². The summed E-state index contributed by atoms with van der Waals surface area (Å²) in [5.41, 5.74) is 15.1. The average Bonchev–Trinajstić information content (AvgIpc) is 2.58. The lowest BCUT2D eigenvalue weighted by Crippen LogP contribution is -2.04. The minimum Gasteiger partial charge on any atom is -0.457 e. The molecule has 0 aliphatic rings. The van der Waals surface area contributed by atoms with E-state index in [0.717, 1.165) is 5.75 Å². The maximum Gasteiger partial charge on any atom is 0.222 e. The first-order chi connectivity index (χ1) is 12.0. The second-order valence-electron chi connectivity index (χ2n) is 5.67. The Labute approximate surface area is 145 Å². The molecule has 0 unspecified atom stereocenters. The molecule has 0 fully saturated rings. The van der Waals surface area contributed by atoms with Crippen LogP contribution in [0.25, 0.3) is 11.3 Å². The Balaban J connectivity index is 1.91. The van der Waals surface area contributed by atoms with Crippen molar-refractivity contribution in [3.05, 3.63) is 59.2 Å². The van der Waals surface area contributed by atoms with Crippen LogP contribution in [-0.4, -0.2) is 9.97 Å². The minimum atomic E-state index is 0.0296. The van der Waals surface area contributed by atoms with E-state index in [1.165, 1.54) is 11.1 Å². The molecule has 0 spiro atoms. The molecule has 6 heteroatoms. The Morgan fingerprint density at radius 1 is 0.920 bits per heavy atom. The molecule has 0 radical (unpaired) electrons. The average molecular weight is 331 g/mol. The number of rotatable bonds is 3. The number of aryl methyl sites for hydroxylation is 2. The molecule has 0 aliphatic carbocycles. The van der Waals surface area contributed by atoms with Crippen molar-refractivity contribution in [3.63, 3.8) is 0 Å². The molecule has 25 heavy (non-hydrogen) atoms. The van der Waals surface area contributed by atoms with Gasteiger partial charge in [-0.3, -0.25) is 0 Å². The predicted molar refractivity (Wildman–Crippen MR) is 97.0 cm³/mol. The molecule has 1 heterocycles. The number of nitrogens with two attached hydrogens (primary N) is 2. The van der Waals surface area contributed by atoms with E-state index in [-0.39, 0.29) is 17.3 Å². The zero-order valence-corrected chi connectivity index (χ0v) is 13.9. The highest BCUT2D eigenvalue weighted by molar-refractivity contribution is 5.73. The second-order valence-corrected chi connectivity index (χ2v) is 5.67. The molecule has 124 valence electrons. The van der Waals surface area contributed by atoms with E-state index in [4.69, 9.17) is 16.2 Å². The summed E-state index contributed by atoms with van der Waals surface area (Å²) in [5.74, 6) is 1.55. The normalized spacial score (nSPS) is 10.3. The Kier molecular flexibility index (Phi) is 4.23. The monoisotopic (exact) mass is 331 g/mol. The van der Waals surface area contributed by atoms with Gasteiger partial charge in [-0.1, -0.05) is 6.07 Å². The van der Waals surface area contributed by atoms with Crippen LogP contribution in [0.3, 0.4) is 0 Å². The van der Waals surface area contributed by atoms with Gasteiger partial charge in [-0.2, -0.15) is 10.2 Å². The number of hydrogen-bond donors (Lipinski definition) is 2. The molecule has 0 saturated carbocycles. The van der Waals surface area contributed by atoms with Gasteiger partial charge in [0.25, 0.3) is 0 Å². The number of nitriles is 1. The lowest BCUT2D eigenvalue weighted by atomic mass is 10.1. The molecule has 2 aromatic carbocycles. The van der Waals surface area contributed by atoms with Gasteiger partial charge in [0.2, 0.25) is 5.95 Å². The van der Waals surface area contributed by atoms with Crippen molar-refractivity contribution >= 4 is 11.8 Å². The summed E-state index contributed by atoms with van der Waals surface area (Å²) in [5, 5.41) is 9.27. The van der Waals surface area contributed by atoms with Crippen LogP contribution in [0.5, 0.6) is 11.5 Å². The molecule has 4 N–H and O–H groups in total. The minimum absolute atomic E-state index is 0.0296. The van der Waals surface area contributed by atoms with Gasteiger partial charge in [-0.15, -0.1) is 0 Å². The van der Waals surface area contributed by atoms with E-state index in [9.17, 15) is 5.26 Å². The maximum atomic E-state index is 9.27. The summed E-state index contributed by atoms with van der Waals surface area (Å²) in [6.45, 7) is 4.10. The summed E-state index contributed by atoms with van der Waals surface area (Å²) in [7, 11) is 0. The first-order valence-electron chi connectivity index (χ1n) is 7.66. The highest BCUT2D eigenvalue weighted by Crippen LogP contribution is 2.29. The molecular weight excluding hydrogens is 314 g/mol. The van der Waals surface area contributed by atoms with Crippen molar-refractivity contribution in [2.75, 3.05) is 11.5 Å². The van der Waals surface area contributed by atoms with Gasteiger partial charge < -0.3 is 16.2 Å². The van der Waals surface area contributed by atoms with Crippen LogP contribution in [0.1, 0.15) is 16.7 Å². The molecule has 0 atom stereocenters. The SMILES string of the molecule is Cc1ccc(Oc2ccc(-c3nc(N)nc(N)c3C#N)cc2)cc1C. The van der Waals surface area contributed by atoms with Crippen LogP contribution in [0.15, 0.2) is 42.5 Å². The van der Waals surface area contributed by atoms with Crippen molar-refractivity contribution < 1.29 is 4.74 Å². The van der Waals surface area contributed by atoms with Crippen LogP contribution >= 0.6 is 0 Å². The highest BCUT2D eigenvalue weighted by atomic mass is 16.5. The van der Waals surface area contributed by atoms with Crippen molar-refractivity contribution in [2.45, 2.75) is 13.8 Å². The van der Waals surface area contributed by atoms with E-state index >= 15 is 0 Å². The number of benzene rings is 2. The molecular formula is C19H17N5O. The van der Waals surface area contributed by atoms with Crippen molar-refractivity contribution in [2.24, 2.45) is 0 Å². The first kappa shape index (κ1) is 16.3. The molecule has 0 saturated heterocycles. The molecule has 6 nitrogen and oxygen atoms in total. The summed E-state index contributed by atoms with van der Waals surface area (Å²) < 4.78 is 5.86. The summed E-state index contributed by atoms with van der Waals surface area (Å²) in [6.07, 6.45) is 0. The number of anilines is 2. The molecule has 1 aromatic heterocycles. The van der Waals surface area contributed by atoms with Crippen LogP contribution in [0.2, 0.25) is 0 Å². The van der Waals surface area contributed by atoms with Gasteiger partial charge in [-0.05, 0) is 61.4 Å². The fraction of sp³-hybridized carbons (Fsp3) is 0.105. The fourth-order valence-electron chi connectivity index (χ4n) is 2.41. The van der Waals surface area contributed by atoms with Crippen molar-refractivity contribution in [3.8, 4) is 28.8 Å². The Hall–Kier alpha value is -3.59. The van der Waals surface area contributed by atoms with E-state index in [0.29, 0.717) is 17.0 Å². The second kappa shape index (κ2) is 6.49. The third kappa shape index (κ3) is 3.35. The Morgan fingerprint density at radius 2 is 1.60 bits per heavy atom. The summed E-state index contributed by atoms with van der Waals surface area (Å²) >= 11 is 0. The van der Waals surface area contributed by atoms with Gasteiger partial charge in [0.15, 0.2) is 0 Å². The number of nitrogens with zero attached hydrogens (tertiary/aromatic N) is 3. The van der Waals surface area contributed by atoms with Gasteiger partial charge in [0.1, 0.15) is 28.9 Å². The lowest BCUT2D eigenvalue weighted by Gasteiger charge is -2.10. The number of nitrogen functional groups attached to an aromatic ring is 2. The quantitative estimate of drug-likeness (QED) is 0.758. The van der Waals surface area contributed by atoms with Crippen LogP contribution in [0, 0.1) is 25.2 Å². The third-order valence-electron chi connectivity index (χ3n) is 3.91. The van der Waals surface area contributed by atoms with Crippen LogP contribution in [-0.2, 0) is 0 Å². The van der Waals surface area contributed by atoms with E-state index < -0.39 is 0 Å². The van der Waals surface area contributed by atoms with E-state index in [1.807, 2.05) is 31.2 Å². The largest absolute Gasteiger partial charge is 0.457 e. The van der Waals surface area contributed by atoms with Gasteiger partial charge in [0, 0.05) is 5.56 Å². The van der Waals surface area contributed by atoms with E-state index in [2.05, 4.69) is 16.9 Å². The number of ether oxygens (including phenoxy) is 1. The lowest BCUT2D eigenvalue weighted by molar-refractivity contribution is 0.482. The highest BCUT2D eigenvalue weighted by Gasteiger charge is 2.13. The summed E-state index contributed by atoms with van der Waals surface area (Å²) in [6, 6.07) is 15.2. The zero-order chi connectivity index (χ0) is 18.0. The number of aromatic nitrogens is 2. The van der Waals surface area contributed by atoms with Gasteiger partial charge in [-0.25, -0.2) is 4.98 Å². The first-order valence-corrected chi connectivity index (χ1v) is 7.66. The molecule has 0 bridgehead atoms. The fourth-order valence-corrected chi connectivity index (χ4v) is 2.41. The topological polar surface area (TPSA) is 111 Å². The third-order valence-corrected chi connectivity index (χ3v) is 3.91. The molecule has 3 rings (SSSR count). The Bertz CT molecular complexity index is 974. The van der Waals surface area contributed by atoms with Crippen LogP contribution in [0.4, 0.5) is 11.8 Å². The van der Waals surface area contributed by atoms with Crippen LogP contribution < -0.4 is 16.2 Å². The maximum absolute atomic E-state index is 9.27. The molecule has 0 amide bonds. The molecule has 3 aromatic rings. The standard InChI is InChI=1S/C19H17N5O/c1-11-3-6-15(9-12(11)2)25-14-7-4-13(5-8-14)17-16(10-20)18(21)24-19(22)23-17/h3-9H,1-2H3,(H4,21,22,23,24). The van der Waals surface area contributed by atoms with Crippen molar-refractivity contribution in [1.82, 2.24) is 9.97 Å². The molecule has 0 aliphatic heterocycles. The zero-order valence-electron chi connectivity index (χ0n) is 13.9. The van der Waals surface area contributed by atoms with Gasteiger partial charge in [0.05, 0.1) is 5.69 Å². The predicted octanol–water partition coefficient (Wildman–Crippen LogP) is 3.59. The van der Waals surface area contributed by atoms with E-state index in [1.54, 1.807) is 24.3 Å². The summed E-state index contributed by atoms with van der Waals surface area (Å²) in [4.78, 5) is 7.95. The smallest absolute Gasteiger partial charge is 0.222 e. The Morgan fingerprint density at radius 3 is 2.24 bits per heavy atom. The number of hydrogen-bond acceptors (Lipinski definition) is 6.